The van der Waals surface area contributed by atoms with Gasteiger partial charge >= 0.3 is 0 Å². The molecule has 0 radical (unpaired) electrons. The molecule has 1 N–H and O–H groups in total. The SMILES string of the molecule is CCNC(CC1CCCc2ccccc21)C(OC)C(C)C. The molecule has 21 heavy (non-hydrogen) atoms. The number of likely N-dealkylation sites (N-methyl/N-ethyl adjacent to an activating group) is 1. The fourth-order valence-electron chi connectivity index (χ4n) is 3.90. The topological polar surface area (TPSA) is 21.3 Å². The smallest absolute Gasteiger partial charge is 0.0747 e. The summed E-state index contributed by atoms with van der Waals surface area (Å²) in [6, 6.07) is 9.44. The van der Waals surface area contributed by atoms with Crippen molar-refractivity contribution in [2.45, 2.75) is 64.5 Å². The number of rotatable bonds is 7. The minimum absolute atomic E-state index is 0.291. The van der Waals surface area contributed by atoms with Crippen LogP contribution in [0.3, 0.4) is 0 Å². The van der Waals surface area contributed by atoms with E-state index in [0.717, 1.165) is 6.54 Å². The van der Waals surface area contributed by atoms with Gasteiger partial charge in [-0.2, -0.15) is 0 Å². The highest BCUT2D eigenvalue weighted by molar-refractivity contribution is 5.32. The predicted molar refractivity (Wildman–Crippen MR) is 89.8 cm³/mol. The first kappa shape index (κ1) is 16.5. The van der Waals surface area contributed by atoms with Gasteiger partial charge in [0.25, 0.3) is 0 Å². The molecular formula is C19H31NO. The summed E-state index contributed by atoms with van der Waals surface area (Å²) in [5.74, 6) is 1.22. The molecule has 0 fully saturated rings. The maximum absolute atomic E-state index is 5.79. The standard InChI is InChI=1S/C19H31NO/c1-5-20-18(19(21-4)14(2)3)13-16-11-8-10-15-9-6-7-12-17(15)16/h6-7,9,12,14,16,18-20H,5,8,10-11,13H2,1-4H3. The van der Waals surface area contributed by atoms with E-state index in [1.54, 1.807) is 11.1 Å². The van der Waals surface area contributed by atoms with Gasteiger partial charge < -0.3 is 10.1 Å². The Bertz CT molecular complexity index is 429. The number of ether oxygens (including phenoxy) is 1. The summed E-state index contributed by atoms with van der Waals surface area (Å²) in [7, 11) is 1.85. The molecule has 1 aliphatic rings. The van der Waals surface area contributed by atoms with Crippen LogP contribution in [-0.2, 0) is 11.2 Å². The van der Waals surface area contributed by atoms with E-state index in [9.17, 15) is 0 Å². The van der Waals surface area contributed by atoms with Crippen molar-refractivity contribution in [3.8, 4) is 0 Å². The zero-order valence-corrected chi connectivity index (χ0v) is 14.1. The van der Waals surface area contributed by atoms with Gasteiger partial charge in [-0.15, -0.1) is 0 Å². The molecule has 118 valence electrons. The van der Waals surface area contributed by atoms with E-state index in [-0.39, 0.29) is 0 Å². The van der Waals surface area contributed by atoms with Crippen LogP contribution in [0.15, 0.2) is 24.3 Å². The Kier molecular flexibility index (Phi) is 6.25. The van der Waals surface area contributed by atoms with Gasteiger partial charge in [-0.05, 0) is 55.2 Å². The molecule has 2 rings (SSSR count). The maximum atomic E-state index is 5.79. The summed E-state index contributed by atoms with van der Waals surface area (Å²) in [5, 5.41) is 3.67. The normalized spacial score (nSPS) is 21.1. The number of hydrogen-bond donors (Lipinski definition) is 1. The Hall–Kier alpha value is -0.860. The first-order chi connectivity index (χ1) is 10.2. The van der Waals surface area contributed by atoms with E-state index in [1.807, 2.05) is 7.11 Å². The molecule has 0 aromatic heterocycles. The summed E-state index contributed by atoms with van der Waals surface area (Å²) in [6.07, 6.45) is 5.35. The summed E-state index contributed by atoms with van der Waals surface area (Å²) in [6.45, 7) is 7.71. The second-order valence-electron chi connectivity index (χ2n) is 6.63. The van der Waals surface area contributed by atoms with Gasteiger partial charge in [0.1, 0.15) is 0 Å². The van der Waals surface area contributed by atoms with Crippen LogP contribution in [-0.4, -0.2) is 25.8 Å². The minimum Gasteiger partial charge on any atom is -0.380 e. The predicted octanol–water partition coefficient (Wildman–Crippen LogP) is 4.15. The molecule has 1 aliphatic carbocycles. The van der Waals surface area contributed by atoms with Crippen LogP contribution in [0.25, 0.3) is 0 Å². The summed E-state index contributed by atoms with van der Waals surface area (Å²) in [5.41, 5.74) is 3.13. The third-order valence-corrected chi connectivity index (χ3v) is 4.82. The maximum Gasteiger partial charge on any atom is 0.0747 e. The molecule has 0 heterocycles. The van der Waals surface area contributed by atoms with Crippen molar-refractivity contribution < 1.29 is 4.74 Å². The third-order valence-electron chi connectivity index (χ3n) is 4.82. The molecule has 2 nitrogen and oxygen atoms in total. The summed E-state index contributed by atoms with van der Waals surface area (Å²) < 4.78 is 5.79. The number of fused-ring (bicyclic) bond motifs is 1. The lowest BCUT2D eigenvalue weighted by atomic mass is 9.78. The van der Waals surface area contributed by atoms with Crippen LogP contribution >= 0.6 is 0 Å². The second kappa shape index (κ2) is 7.95. The van der Waals surface area contributed by atoms with Gasteiger partial charge in [0.2, 0.25) is 0 Å². The zero-order chi connectivity index (χ0) is 15.2. The molecule has 3 atom stereocenters. The average molecular weight is 289 g/mol. The molecule has 0 saturated heterocycles. The Morgan fingerprint density at radius 2 is 2.05 bits per heavy atom. The second-order valence-corrected chi connectivity index (χ2v) is 6.63. The van der Waals surface area contributed by atoms with Crippen molar-refractivity contribution in [3.05, 3.63) is 35.4 Å². The van der Waals surface area contributed by atoms with E-state index < -0.39 is 0 Å². The van der Waals surface area contributed by atoms with Crippen LogP contribution in [0.2, 0.25) is 0 Å². The lowest BCUT2D eigenvalue weighted by molar-refractivity contribution is 0.0286. The largest absolute Gasteiger partial charge is 0.380 e. The molecule has 0 amide bonds. The van der Waals surface area contributed by atoms with Crippen molar-refractivity contribution >= 4 is 0 Å². The summed E-state index contributed by atoms with van der Waals surface area (Å²) in [4.78, 5) is 0. The molecule has 0 saturated carbocycles. The molecule has 0 bridgehead atoms. The fourth-order valence-corrected chi connectivity index (χ4v) is 3.90. The van der Waals surface area contributed by atoms with Gasteiger partial charge in [0, 0.05) is 13.2 Å². The molecule has 0 spiro atoms. The number of methoxy groups -OCH3 is 1. The van der Waals surface area contributed by atoms with E-state index in [4.69, 9.17) is 4.74 Å². The number of hydrogen-bond acceptors (Lipinski definition) is 2. The van der Waals surface area contributed by atoms with E-state index >= 15 is 0 Å². The first-order valence-corrected chi connectivity index (χ1v) is 8.51. The van der Waals surface area contributed by atoms with E-state index in [0.29, 0.717) is 24.0 Å². The van der Waals surface area contributed by atoms with Gasteiger partial charge in [-0.1, -0.05) is 45.0 Å². The van der Waals surface area contributed by atoms with Crippen LogP contribution in [0.1, 0.15) is 57.1 Å². The van der Waals surface area contributed by atoms with Gasteiger partial charge in [-0.25, -0.2) is 0 Å². The Morgan fingerprint density at radius 3 is 2.71 bits per heavy atom. The van der Waals surface area contributed by atoms with Crippen molar-refractivity contribution in [3.63, 3.8) is 0 Å². The van der Waals surface area contributed by atoms with Crippen molar-refractivity contribution in [1.29, 1.82) is 0 Å². The number of aryl methyl sites for hydroxylation is 1. The molecule has 2 heteroatoms. The molecule has 3 unspecified atom stereocenters. The Morgan fingerprint density at radius 1 is 1.29 bits per heavy atom. The Labute approximate surface area is 130 Å². The fraction of sp³-hybridized carbons (Fsp3) is 0.684. The van der Waals surface area contributed by atoms with E-state index in [1.165, 1.54) is 25.7 Å². The van der Waals surface area contributed by atoms with Crippen molar-refractivity contribution in [1.82, 2.24) is 5.32 Å². The van der Waals surface area contributed by atoms with Crippen LogP contribution in [0.4, 0.5) is 0 Å². The van der Waals surface area contributed by atoms with Gasteiger partial charge in [0.15, 0.2) is 0 Å². The quantitative estimate of drug-likeness (QED) is 0.814. The van der Waals surface area contributed by atoms with Crippen LogP contribution in [0, 0.1) is 5.92 Å². The number of benzene rings is 1. The molecule has 1 aromatic carbocycles. The summed E-state index contributed by atoms with van der Waals surface area (Å²) >= 11 is 0. The minimum atomic E-state index is 0.291. The Balaban J connectivity index is 2.14. The molecule has 0 aliphatic heterocycles. The van der Waals surface area contributed by atoms with Gasteiger partial charge in [0.05, 0.1) is 6.10 Å². The van der Waals surface area contributed by atoms with Crippen molar-refractivity contribution in [2.24, 2.45) is 5.92 Å². The lowest BCUT2D eigenvalue weighted by Gasteiger charge is -2.34. The van der Waals surface area contributed by atoms with Crippen LogP contribution in [0.5, 0.6) is 0 Å². The molecular weight excluding hydrogens is 258 g/mol. The van der Waals surface area contributed by atoms with Crippen molar-refractivity contribution in [2.75, 3.05) is 13.7 Å². The van der Waals surface area contributed by atoms with Gasteiger partial charge in [-0.3, -0.25) is 0 Å². The van der Waals surface area contributed by atoms with E-state index in [2.05, 4.69) is 50.4 Å². The van der Waals surface area contributed by atoms with Crippen LogP contribution < -0.4 is 5.32 Å². The molecule has 1 aromatic rings. The zero-order valence-electron chi connectivity index (χ0n) is 14.1. The number of nitrogens with one attached hydrogen (secondary N) is 1. The monoisotopic (exact) mass is 289 g/mol. The third kappa shape index (κ3) is 4.08. The first-order valence-electron chi connectivity index (χ1n) is 8.51. The average Bonchev–Trinajstić information content (AvgIpc) is 2.48. The lowest BCUT2D eigenvalue weighted by Crippen LogP contribution is -2.44. The highest BCUT2D eigenvalue weighted by Crippen LogP contribution is 2.35. The highest BCUT2D eigenvalue weighted by atomic mass is 16.5. The highest BCUT2D eigenvalue weighted by Gasteiger charge is 2.29.